The minimum Gasteiger partial charge on any atom is -0.310 e. The Hall–Kier alpha value is -4.89. The summed E-state index contributed by atoms with van der Waals surface area (Å²) in [5, 5.41) is 0. The number of para-hydroxylation sites is 2. The van der Waals surface area contributed by atoms with Crippen LogP contribution in [0.5, 0.6) is 0 Å². The van der Waals surface area contributed by atoms with E-state index in [2.05, 4.69) is 136 Å². The highest BCUT2D eigenvalue weighted by Crippen LogP contribution is 2.59. The quantitative estimate of drug-likeness (QED) is 0.174. The van der Waals surface area contributed by atoms with E-state index in [1.54, 1.807) is 12.1 Å². The average Bonchev–Trinajstić information content (AvgIpc) is 3.07. The second-order valence-electron chi connectivity index (χ2n) is 14.6. The minimum absolute atomic E-state index is 0.151. The highest BCUT2D eigenvalue weighted by atomic mass is 19.1. The number of hydrogen-bond donors (Lipinski definition) is 0. The van der Waals surface area contributed by atoms with Gasteiger partial charge < -0.3 is 4.90 Å². The molecule has 0 atom stereocenters. The first-order chi connectivity index (χ1) is 22.3. The summed E-state index contributed by atoms with van der Waals surface area (Å²) in [6.45, 7) is 9.86. The van der Waals surface area contributed by atoms with Crippen molar-refractivity contribution in [3.8, 4) is 0 Å². The lowest BCUT2D eigenvalue weighted by molar-refractivity contribution is 0.613. The molecule has 1 nitrogen and oxygen atoms in total. The van der Waals surface area contributed by atoms with Crippen molar-refractivity contribution in [3.05, 3.63) is 178 Å². The van der Waals surface area contributed by atoms with Gasteiger partial charge in [0.15, 0.2) is 0 Å². The van der Waals surface area contributed by atoms with Crippen LogP contribution in [0.3, 0.4) is 0 Å². The van der Waals surface area contributed by atoms with Crippen molar-refractivity contribution in [2.45, 2.75) is 43.9 Å². The van der Waals surface area contributed by atoms with Gasteiger partial charge in [0, 0.05) is 16.5 Å². The van der Waals surface area contributed by atoms with Gasteiger partial charge in [-0.15, -0.1) is 0 Å². The summed E-state index contributed by atoms with van der Waals surface area (Å²) >= 11 is 0. The molecule has 0 unspecified atom stereocenters. The van der Waals surface area contributed by atoms with Gasteiger partial charge in [-0.25, -0.2) is 4.39 Å². The van der Waals surface area contributed by atoms with Crippen LogP contribution >= 0.6 is 0 Å². The van der Waals surface area contributed by atoms with Gasteiger partial charge in [0.25, 0.3) is 0 Å². The molecule has 0 aromatic heterocycles. The fourth-order valence-electron chi connectivity index (χ4n) is 10.0. The lowest BCUT2D eigenvalue weighted by Gasteiger charge is -2.55. The van der Waals surface area contributed by atoms with E-state index >= 15 is 0 Å². The molecule has 6 aromatic carbocycles. The lowest BCUT2D eigenvalue weighted by Crippen LogP contribution is -2.72. The maximum absolute atomic E-state index is 14.2. The summed E-state index contributed by atoms with van der Waals surface area (Å²) in [5.41, 5.74) is 17.9. The van der Waals surface area contributed by atoms with Crippen LogP contribution < -0.4 is 21.3 Å². The predicted octanol–water partition coefficient (Wildman–Crippen LogP) is 8.10. The Bertz CT molecular complexity index is 2160. The molecule has 4 aliphatic rings. The van der Waals surface area contributed by atoms with E-state index in [-0.39, 0.29) is 23.4 Å². The normalized spacial score (nSPS) is 17.7. The second-order valence-corrected chi connectivity index (χ2v) is 14.6. The number of fused-ring (bicyclic) bond motifs is 6. The number of halogens is 1. The van der Waals surface area contributed by atoms with E-state index < -0.39 is 5.41 Å². The third-order valence-electron chi connectivity index (χ3n) is 11.9. The average molecular weight is 594 g/mol. The van der Waals surface area contributed by atoms with Crippen molar-refractivity contribution in [3.63, 3.8) is 0 Å². The van der Waals surface area contributed by atoms with E-state index in [0.29, 0.717) is 0 Å². The van der Waals surface area contributed by atoms with Gasteiger partial charge in [0.05, 0.1) is 16.8 Å². The number of hydrogen-bond acceptors (Lipinski definition) is 1. The van der Waals surface area contributed by atoms with Crippen molar-refractivity contribution in [2.24, 2.45) is 0 Å². The number of benzene rings is 6. The molecule has 0 fully saturated rings. The number of rotatable bonds is 1. The Balaban J connectivity index is 1.42. The fraction of sp³-hybridized carbons (Fsp3) is 0.163. The number of anilines is 3. The van der Waals surface area contributed by atoms with Crippen molar-refractivity contribution in [2.75, 3.05) is 4.90 Å². The molecule has 0 aliphatic carbocycles. The highest BCUT2D eigenvalue weighted by molar-refractivity contribution is 6.98. The molecule has 3 heteroatoms. The molecule has 0 bridgehead atoms. The Morgan fingerprint density at radius 3 is 1.26 bits per heavy atom. The van der Waals surface area contributed by atoms with Crippen LogP contribution in [0.4, 0.5) is 21.5 Å². The molecule has 1 spiro atoms. The van der Waals surface area contributed by atoms with E-state index in [4.69, 9.17) is 0 Å². The smallest absolute Gasteiger partial charge is 0.243 e. The zero-order chi connectivity index (χ0) is 31.2. The van der Waals surface area contributed by atoms with Gasteiger partial charge in [-0.3, -0.25) is 0 Å². The maximum atomic E-state index is 14.2. The van der Waals surface area contributed by atoms with Crippen molar-refractivity contribution in [1.82, 2.24) is 0 Å². The topological polar surface area (TPSA) is 3.24 Å². The van der Waals surface area contributed by atoms with Crippen LogP contribution in [0.2, 0.25) is 0 Å². The number of nitrogens with zero attached hydrogens (tertiary/aromatic N) is 1. The second kappa shape index (κ2) is 8.47. The molecule has 4 heterocycles. The lowest BCUT2D eigenvalue weighted by atomic mass is 9.23. The van der Waals surface area contributed by atoms with Crippen LogP contribution in [0.25, 0.3) is 0 Å². The van der Waals surface area contributed by atoms with Gasteiger partial charge in [-0.2, -0.15) is 0 Å². The molecular formula is C43H33BFN. The van der Waals surface area contributed by atoms with Crippen molar-refractivity contribution >= 4 is 40.2 Å². The molecule has 220 valence electrons. The predicted molar refractivity (Wildman–Crippen MR) is 188 cm³/mol. The molecule has 0 saturated carbocycles. The van der Waals surface area contributed by atoms with Crippen molar-refractivity contribution < 1.29 is 4.39 Å². The fourth-order valence-corrected chi connectivity index (χ4v) is 10.0. The van der Waals surface area contributed by atoms with Gasteiger partial charge in [0.1, 0.15) is 5.82 Å². The maximum Gasteiger partial charge on any atom is 0.243 e. The summed E-state index contributed by atoms with van der Waals surface area (Å²) in [5.74, 6) is -0.228. The molecule has 0 N–H and O–H groups in total. The first-order valence-corrected chi connectivity index (χ1v) is 16.4. The van der Waals surface area contributed by atoms with Crippen molar-refractivity contribution in [1.29, 1.82) is 0 Å². The molecule has 0 saturated heterocycles. The summed E-state index contributed by atoms with van der Waals surface area (Å²) in [6.07, 6.45) is 0. The summed E-state index contributed by atoms with van der Waals surface area (Å²) < 4.78 is 14.2. The van der Waals surface area contributed by atoms with Crippen LogP contribution in [0, 0.1) is 5.82 Å². The van der Waals surface area contributed by atoms with Crippen LogP contribution in [0.1, 0.15) is 72.2 Å². The Morgan fingerprint density at radius 1 is 0.435 bits per heavy atom. The molecule has 0 amide bonds. The van der Waals surface area contributed by atoms with E-state index in [9.17, 15) is 4.39 Å². The summed E-state index contributed by atoms with van der Waals surface area (Å²) in [7, 11) is 0. The Morgan fingerprint density at radius 2 is 0.804 bits per heavy atom. The van der Waals surface area contributed by atoms with Gasteiger partial charge in [0.2, 0.25) is 6.71 Å². The molecule has 10 rings (SSSR count). The molecular weight excluding hydrogens is 560 g/mol. The largest absolute Gasteiger partial charge is 0.310 e. The molecule has 6 aromatic rings. The summed E-state index contributed by atoms with van der Waals surface area (Å²) in [6, 6.07) is 46.0. The van der Waals surface area contributed by atoms with E-state index in [1.807, 2.05) is 12.1 Å². The highest BCUT2D eigenvalue weighted by Gasteiger charge is 2.58. The zero-order valence-corrected chi connectivity index (χ0v) is 26.5. The van der Waals surface area contributed by atoms with Gasteiger partial charge in [-0.05, 0) is 80.9 Å². The Labute approximate surface area is 270 Å². The van der Waals surface area contributed by atoms with Gasteiger partial charge in [-0.1, -0.05) is 135 Å². The third-order valence-corrected chi connectivity index (χ3v) is 11.9. The Kier molecular flexibility index (Phi) is 4.85. The van der Waals surface area contributed by atoms with Crippen LogP contribution in [0.15, 0.2) is 127 Å². The molecule has 46 heavy (non-hydrogen) atoms. The van der Waals surface area contributed by atoms with Crippen LogP contribution in [-0.4, -0.2) is 6.71 Å². The summed E-state index contributed by atoms with van der Waals surface area (Å²) in [4.78, 5) is 2.33. The van der Waals surface area contributed by atoms with Crippen LogP contribution in [-0.2, 0) is 16.2 Å². The zero-order valence-electron chi connectivity index (χ0n) is 26.5. The molecule has 0 radical (unpaired) electrons. The van der Waals surface area contributed by atoms with Gasteiger partial charge >= 0.3 is 0 Å². The standard InChI is InChI=1S/C43H33BFN/c1-41(2)30-14-9-15-31-38(30)44-39-32(41)16-10-18-34(39)43(35-19-11-17-33(40(35)44)42(31,3)4)28-12-5-7-20-36(28)46(27-24-22-26(45)23-25-27)37-21-8-6-13-29(37)43/h5-25H,1-4H3. The van der Waals surface area contributed by atoms with E-state index in [1.165, 1.54) is 60.9 Å². The monoisotopic (exact) mass is 593 g/mol. The third kappa shape index (κ3) is 2.85. The van der Waals surface area contributed by atoms with E-state index in [0.717, 1.165) is 17.1 Å². The first-order valence-electron chi connectivity index (χ1n) is 16.4. The SMILES string of the molecule is CC1(C)c2cccc3c2B2c4c1cccc4C1(c4ccccc4N(c4ccc(F)cc4)c4ccccc41)c1cccc(c12)C3(C)C. The molecule has 4 aliphatic heterocycles. The first kappa shape index (κ1) is 26.3. The minimum atomic E-state index is -0.535.